The second-order valence-corrected chi connectivity index (χ2v) is 5.06. The fourth-order valence-electron chi connectivity index (χ4n) is 2.59. The first-order valence-electron chi connectivity index (χ1n) is 6.64. The van der Waals surface area contributed by atoms with E-state index in [0.29, 0.717) is 6.54 Å². The summed E-state index contributed by atoms with van der Waals surface area (Å²) >= 11 is 0. The molecular weight excluding hydrogens is 238 g/mol. The highest BCUT2D eigenvalue weighted by molar-refractivity contribution is 5.98. The number of nitrogens with two attached hydrogens (primary N) is 1. The Labute approximate surface area is 112 Å². The van der Waals surface area contributed by atoms with E-state index in [4.69, 9.17) is 5.73 Å². The summed E-state index contributed by atoms with van der Waals surface area (Å²) in [6, 6.07) is 9.61. The molecule has 1 fully saturated rings. The van der Waals surface area contributed by atoms with Crippen molar-refractivity contribution in [3.8, 4) is 0 Å². The smallest absolute Gasteiger partial charge is 0.253 e. The number of likely N-dealkylation sites (tertiary alicyclic amines) is 1. The van der Waals surface area contributed by atoms with Crippen LogP contribution in [0.25, 0.3) is 10.9 Å². The average Bonchev–Trinajstić information content (AvgIpc) is 2.46. The van der Waals surface area contributed by atoms with Crippen LogP contribution in [0.4, 0.5) is 0 Å². The molecule has 0 unspecified atom stereocenters. The molecule has 4 heteroatoms. The molecule has 0 spiro atoms. The Kier molecular flexibility index (Phi) is 3.17. The number of rotatable bonds is 1. The van der Waals surface area contributed by atoms with Crippen LogP contribution in [0.3, 0.4) is 0 Å². The van der Waals surface area contributed by atoms with E-state index < -0.39 is 0 Å². The van der Waals surface area contributed by atoms with Crippen molar-refractivity contribution in [3.05, 3.63) is 42.1 Å². The number of hydrogen-bond donors (Lipinski definition) is 1. The first-order valence-corrected chi connectivity index (χ1v) is 6.64. The summed E-state index contributed by atoms with van der Waals surface area (Å²) in [5.74, 6) is 0.0703. The zero-order valence-electron chi connectivity index (χ0n) is 10.7. The minimum absolute atomic E-state index is 0.0703. The molecular formula is C15H17N3O. The van der Waals surface area contributed by atoms with Crippen molar-refractivity contribution in [1.82, 2.24) is 9.88 Å². The van der Waals surface area contributed by atoms with Crippen LogP contribution < -0.4 is 5.73 Å². The van der Waals surface area contributed by atoms with Crippen LogP contribution in [-0.4, -0.2) is 34.9 Å². The van der Waals surface area contributed by atoms with Gasteiger partial charge < -0.3 is 10.6 Å². The van der Waals surface area contributed by atoms with Crippen LogP contribution in [0.15, 0.2) is 36.5 Å². The number of fused-ring (bicyclic) bond motifs is 1. The predicted octanol–water partition coefficient (Wildman–Crippen LogP) is 1.80. The van der Waals surface area contributed by atoms with Crippen molar-refractivity contribution in [2.75, 3.05) is 13.1 Å². The van der Waals surface area contributed by atoms with E-state index in [1.165, 1.54) is 0 Å². The van der Waals surface area contributed by atoms with Crippen molar-refractivity contribution in [2.45, 2.75) is 18.9 Å². The first kappa shape index (κ1) is 12.1. The van der Waals surface area contributed by atoms with E-state index in [2.05, 4.69) is 4.98 Å². The van der Waals surface area contributed by atoms with E-state index in [1.54, 1.807) is 6.20 Å². The van der Waals surface area contributed by atoms with Gasteiger partial charge in [-0.2, -0.15) is 0 Å². The van der Waals surface area contributed by atoms with Gasteiger partial charge in [0, 0.05) is 36.3 Å². The monoisotopic (exact) mass is 255 g/mol. The highest BCUT2D eigenvalue weighted by atomic mass is 16.2. The molecule has 3 rings (SSSR count). The summed E-state index contributed by atoms with van der Waals surface area (Å²) in [7, 11) is 0. The Morgan fingerprint density at radius 2 is 2.26 bits per heavy atom. The van der Waals surface area contributed by atoms with E-state index >= 15 is 0 Å². The van der Waals surface area contributed by atoms with Crippen molar-refractivity contribution in [2.24, 2.45) is 5.73 Å². The fourth-order valence-corrected chi connectivity index (χ4v) is 2.59. The van der Waals surface area contributed by atoms with Gasteiger partial charge in [0.25, 0.3) is 5.91 Å². The van der Waals surface area contributed by atoms with Crippen molar-refractivity contribution in [1.29, 1.82) is 0 Å². The molecule has 1 aromatic carbocycles. The molecule has 0 radical (unpaired) electrons. The van der Waals surface area contributed by atoms with E-state index in [9.17, 15) is 4.79 Å². The standard InChI is InChI=1S/C15H17N3O/c16-13-4-2-8-18(10-13)15(19)12-5-6-14-11(9-12)3-1-7-17-14/h1,3,5-7,9,13H,2,4,8,10,16H2/t13-/m1/s1. The molecule has 0 aliphatic carbocycles. The van der Waals surface area contributed by atoms with Gasteiger partial charge in [0.05, 0.1) is 5.52 Å². The van der Waals surface area contributed by atoms with E-state index in [0.717, 1.165) is 35.9 Å². The van der Waals surface area contributed by atoms with Crippen LogP contribution >= 0.6 is 0 Å². The molecule has 1 aromatic heterocycles. The maximum Gasteiger partial charge on any atom is 0.253 e. The normalized spacial score (nSPS) is 19.6. The molecule has 0 saturated carbocycles. The van der Waals surface area contributed by atoms with Crippen molar-refractivity contribution >= 4 is 16.8 Å². The molecule has 1 aliphatic rings. The number of carbonyl (C=O) groups is 1. The second-order valence-electron chi connectivity index (χ2n) is 5.06. The summed E-state index contributed by atoms with van der Waals surface area (Å²) in [6.07, 6.45) is 3.75. The van der Waals surface area contributed by atoms with Gasteiger partial charge in [-0.15, -0.1) is 0 Å². The molecule has 1 atom stereocenters. The van der Waals surface area contributed by atoms with Crippen LogP contribution in [0.1, 0.15) is 23.2 Å². The predicted molar refractivity (Wildman–Crippen MR) is 74.9 cm³/mol. The second kappa shape index (κ2) is 4.97. The number of piperidine rings is 1. The number of pyridine rings is 1. The first-order chi connectivity index (χ1) is 9.24. The number of carbonyl (C=O) groups excluding carboxylic acids is 1. The molecule has 19 heavy (non-hydrogen) atoms. The number of benzene rings is 1. The topological polar surface area (TPSA) is 59.2 Å². The number of hydrogen-bond acceptors (Lipinski definition) is 3. The number of nitrogens with zero attached hydrogens (tertiary/aromatic N) is 2. The lowest BCUT2D eigenvalue weighted by Gasteiger charge is -2.30. The molecule has 2 heterocycles. The lowest BCUT2D eigenvalue weighted by Crippen LogP contribution is -2.45. The molecule has 2 N–H and O–H groups in total. The maximum absolute atomic E-state index is 12.4. The van der Waals surface area contributed by atoms with Crippen molar-refractivity contribution in [3.63, 3.8) is 0 Å². The van der Waals surface area contributed by atoms with Gasteiger partial charge >= 0.3 is 0 Å². The SMILES string of the molecule is N[C@@H]1CCCN(C(=O)c2ccc3ncccc3c2)C1. The molecule has 0 bridgehead atoms. The van der Waals surface area contributed by atoms with Crippen LogP contribution in [0.2, 0.25) is 0 Å². The molecule has 4 nitrogen and oxygen atoms in total. The minimum atomic E-state index is 0.0703. The Morgan fingerprint density at radius 3 is 3.11 bits per heavy atom. The average molecular weight is 255 g/mol. The van der Waals surface area contributed by atoms with Crippen LogP contribution in [0, 0.1) is 0 Å². The van der Waals surface area contributed by atoms with Gasteiger partial charge in [-0.3, -0.25) is 9.78 Å². The summed E-state index contributed by atoms with van der Waals surface area (Å²) in [4.78, 5) is 18.6. The lowest BCUT2D eigenvalue weighted by molar-refractivity contribution is 0.0709. The van der Waals surface area contributed by atoms with E-state index in [-0.39, 0.29) is 11.9 Å². The molecule has 98 valence electrons. The summed E-state index contributed by atoms with van der Waals surface area (Å²) in [5.41, 5.74) is 7.56. The van der Waals surface area contributed by atoms with Gasteiger partial charge in [-0.25, -0.2) is 0 Å². The zero-order valence-corrected chi connectivity index (χ0v) is 10.7. The zero-order chi connectivity index (χ0) is 13.2. The van der Waals surface area contributed by atoms with Gasteiger partial charge in [-0.1, -0.05) is 6.07 Å². The fraction of sp³-hybridized carbons (Fsp3) is 0.333. The molecule has 1 saturated heterocycles. The Hall–Kier alpha value is -1.94. The van der Waals surface area contributed by atoms with Crippen LogP contribution in [-0.2, 0) is 0 Å². The number of amides is 1. The summed E-state index contributed by atoms with van der Waals surface area (Å²) in [5, 5.41) is 0.995. The largest absolute Gasteiger partial charge is 0.337 e. The Morgan fingerprint density at radius 1 is 1.37 bits per heavy atom. The highest BCUT2D eigenvalue weighted by Crippen LogP contribution is 2.17. The van der Waals surface area contributed by atoms with E-state index in [1.807, 2.05) is 35.2 Å². The third-order valence-electron chi connectivity index (χ3n) is 3.60. The van der Waals surface area contributed by atoms with Gasteiger partial charge in [0.1, 0.15) is 0 Å². The third kappa shape index (κ3) is 2.44. The minimum Gasteiger partial charge on any atom is -0.337 e. The third-order valence-corrected chi connectivity index (χ3v) is 3.60. The molecule has 1 amide bonds. The molecule has 2 aromatic rings. The van der Waals surface area contributed by atoms with Gasteiger partial charge in [0.15, 0.2) is 0 Å². The highest BCUT2D eigenvalue weighted by Gasteiger charge is 2.22. The summed E-state index contributed by atoms with van der Waals surface area (Å²) < 4.78 is 0. The summed E-state index contributed by atoms with van der Waals surface area (Å²) in [6.45, 7) is 1.46. The maximum atomic E-state index is 12.4. The van der Waals surface area contributed by atoms with Gasteiger partial charge in [-0.05, 0) is 37.1 Å². The Bertz CT molecular complexity index is 611. The quantitative estimate of drug-likeness (QED) is 0.845. The lowest BCUT2D eigenvalue weighted by atomic mass is 10.0. The Balaban J connectivity index is 1.88. The van der Waals surface area contributed by atoms with Gasteiger partial charge in [0.2, 0.25) is 0 Å². The molecule has 1 aliphatic heterocycles. The van der Waals surface area contributed by atoms with Crippen LogP contribution in [0.5, 0.6) is 0 Å². The number of aromatic nitrogens is 1. The van der Waals surface area contributed by atoms with Crippen molar-refractivity contribution < 1.29 is 4.79 Å².